The van der Waals surface area contributed by atoms with Crippen LogP contribution >= 0.6 is 0 Å². The summed E-state index contributed by atoms with van der Waals surface area (Å²) in [5.74, 6) is 0.223. The van der Waals surface area contributed by atoms with Gasteiger partial charge >= 0.3 is 0 Å². The normalized spacial score (nSPS) is 46.3. The van der Waals surface area contributed by atoms with E-state index in [-0.39, 0.29) is 5.78 Å². The van der Waals surface area contributed by atoms with E-state index in [2.05, 4.69) is 0 Å². The van der Waals surface area contributed by atoms with Gasteiger partial charge in [-0.15, -0.1) is 0 Å². The summed E-state index contributed by atoms with van der Waals surface area (Å²) in [5.41, 5.74) is -1.34. The molecule has 0 spiro atoms. The molecule has 1 saturated carbocycles. The van der Waals surface area contributed by atoms with Crippen molar-refractivity contribution in [3.63, 3.8) is 0 Å². The molecule has 2 atom stereocenters. The van der Waals surface area contributed by atoms with E-state index in [0.717, 1.165) is 12.8 Å². The zero-order valence-electron chi connectivity index (χ0n) is 7.34. The summed E-state index contributed by atoms with van der Waals surface area (Å²) in [4.78, 5) is 11.6. The Labute approximate surface area is 72.3 Å². The lowest BCUT2D eigenvalue weighted by atomic mass is 9.65. The van der Waals surface area contributed by atoms with Gasteiger partial charge in [-0.1, -0.05) is 12.2 Å². The van der Waals surface area contributed by atoms with Gasteiger partial charge in [0.15, 0.2) is 0 Å². The monoisotopic (exact) mass is 166 g/mol. The number of allylic oxidation sites excluding steroid dienone is 1. The van der Waals surface area contributed by atoms with Gasteiger partial charge in [-0.05, 0) is 26.2 Å². The first-order valence-corrected chi connectivity index (χ1v) is 4.52. The van der Waals surface area contributed by atoms with Crippen LogP contribution in [0.4, 0.5) is 0 Å². The van der Waals surface area contributed by atoms with E-state index >= 15 is 0 Å². The smallest absolute Gasteiger partial charge is 0.142 e. The quantitative estimate of drug-likeness (QED) is 0.553. The molecule has 2 heteroatoms. The summed E-state index contributed by atoms with van der Waals surface area (Å²) in [5, 5.41) is 10.1. The zero-order chi connectivity index (χ0) is 8.82. The molecule has 0 saturated heterocycles. The van der Waals surface area contributed by atoms with E-state index in [1.807, 2.05) is 19.1 Å². The number of carbonyl (C=O) groups is 1. The highest BCUT2D eigenvalue weighted by Gasteiger charge is 2.53. The first-order valence-electron chi connectivity index (χ1n) is 4.52. The molecule has 0 aliphatic heterocycles. The molecule has 0 bridgehead atoms. The van der Waals surface area contributed by atoms with E-state index in [4.69, 9.17) is 0 Å². The third-order valence-corrected chi connectivity index (χ3v) is 3.45. The third-order valence-electron chi connectivity index (χ3n) is 3.45. The van der Waals surface area contributed by atoms with E-state index in [1.165, 1.54) is 0 Å². The molecule has 0 unspecified atom stereocenters. The highest BCUT2D eigenvalue weighted by molar-refractivity contribution is 5.88. The minimum absolute atomic E-state index is 0.223. The zero-order valence-corrected chi connectivity index (χ0v) is 7.34. The highest BCUT2D eigenvalue weighted by Crippen LogP contribution is 2.49. The van der Waals surface area contributed by atoms with Crippen LogP contribution in [-0.2, 0) is 4.79 Å². The summed E-state index contributed by atoms with van der Waals surface area (Å²) in [7, 11) is 0. The fourth-order valence-corrected chi connectivity index (χ4v) is 2.36. The van der Waals surface area contributed by atoms with Crippen molar-refractivity contribution in [2.24, 2.45) is 5.41 Å². The van der Waals surface area contributed by atoms with Crippen LogP contribution in [0.5, 0.6) is 0 Å². The molecule has 0 heterocycles. The molecule has 2 aliphatic rings. The van der Waals surface area contributed by atoms with Crippen LogP contribution in [0.2, 0.25) is 0 Å². The van der Waals surface area contributed by atoms with Gasteiger partial charge in [0.2, 0.25) is 0 Å². The molecule has 0 aromatic carbocycles. The van der Waals surface area contributed by atoms with Gasteiger partial charge in [-0.25, -0.2) is 0 Å². The SMILES string of the molecule is C[C@@]12CC=C[C@]1(O)CCCC2=O. The highest BCUT2D eigenvalue weighted by atomic mass is 16.3. The van der Waals surface area contributed by atoms with Gasteiger partial charge < -0.3 is 5.11 Å². The molecular weight excluding hydrogens is 152 g/mol. The largest absolute Gasteiger partial charge is 0.385 e. The Hall–Kier alpha value is -0.630. The predicted molar refractivity (Wildman–Crippen MR) is 45.7 cm³/mol. The number of hydrogen-bond acceptors (Lipinski definition) is 2. The Morgan fingerprint density at radius 3 is 3.00 bits per heavy atom. The van der Waals surface area contributed by atoms with Crippen LogP contribution in [0.25, 0.3) is 0 Å². The number of aliphatic hydroxyl groups is 1. The lowest BCUT2D eigenvalue weighted by Gasteiger charge is -2.41. The van der Waals surface area contributed by atoms with Crippen molar-refractivity contribution < 1.29 is 9.90 Å². The number of ketones is 1. The first-order chi connectivity index (χ1) is 5.58. The molecule has 0 aromatic heterocycles. The van der Waals surface area contributed by atoms with Gasteiger partial charge in [-0.3, -0.25) is 4.79 Å². The fourth-order valence-electron chi connectivity index (χ4n) is 2.36. The Morgan fingerprint density at radius 2 is 2.33 bits per heavy atom. The van der Waals surface area contributed by atoms with Gasteiger partial charge in [0, 0.05) is 6.42 Å². The topological polar surface area (TPSA) is 37.3 Å². The maximum atomic E-state index is 11.6. The molecule has 2 rings (SSSR count). The van der Waals surface area contributed by atoms with Crippen molar-refractivity contribution in [3.05, 3.63) is 12.2 Å². The third kappa shape index (κ3) is 0.761. The summed E-state index contributed by atoms with van der Waals surface area (Å²) in [6.07, 6.45) is 6.66. The van der Waals surface area contributed by atoms with Gasteiger partial charge in [0.1, 0.15) is 5.78 Å². The second kappa shape index (κ2) is 2.19. The van der Waals surface area contributed by atoms with Crippen LogP contribution in [0.15, 0.2) is 12.2 Å². The summed E-state index contributed by atoms with van der Waals surface area (Å²) >= 11 is 0. The van der Waals surface area contributed by atoms with Crippen LogP contribution in [0, 0.1) is 5.41 Å². The predicted octanol–water partition coefficient (Wildman–Crippen LogP) is 1.44. The maximum Gasteiger partial charge on any atom is 0.142 e. The standard InChI is InChI=1S/C10H14O2/c1-9-5-3-7-10(9,12)6-2-4-8(9)11/h3,7,12H,2,4-6H2,1H3/t9-,10+/m0/s1. The van der Waals surface area contributed by atoms with E-state index in [1.54, 1.807) is 0 Å². The second-order valence-corrected chi connectivity index (χ2v) is 4.14. The van der Waals surface area contributed by atoms with E-state index in [9.17, 15) is 9.90 Å². The molecule has 12 heavy (non-hydrogen) atoms. The number of Topliss-reactive ketones (excluding diaryl/α,β-unsaturated/α-hetero) is 1. The fraction of sp³-hybridized carbons (Fsp3) is 0.700. The van der Waals surface area contributed by atoms with Crippen LogP contribution < -0.4 is 0 Å². The molecule has 0 amide bonds. The Bertz CT molecular complexity index is 257. The summed E-state index contributed by atoms with van der Waals surface area (Å²) in [6, 6.07) is 0. The van der Waals surface area contributed by atoms with Gasteiger partial charge in [-0.2, -0.15) is 0 Å². The van der Waals surface area contributed by atoms with Gasteiger partial charge in [0.25, 0.3) is 0 Å². The van der Waals surface area contributed by atoms with Crippen LogP contribution in [0.3, 0.4) is 0 Å². The molecule has 1 fully saturated rings. The minimum atomic E-state index is -0.831. The summed E-state index contributed by atoms with van der Waals surface area (Å²) in [6.45, 7) is 1.88. The van der Waals surface area contributed by atoms with Crippen molar-refractivity contribution in [1.29, 1.82) is 0 Å². The molecular formula is C10H14O2. The van der Waals surface area contributed by atoms with E-state index in [0.29, 0.717) is 12.8 Å². The molecule has 0 aromatic rings. The summed E-state index contributed by atoms with van der Waals surface area (Å²) < 4.78 is 0. The second-order valence-electron chi connectivity index (χ2n) is 4.14. The Kier molecular flexibility index (Phi) is 1.46. The van der Waals surface area contributed by atoms with Crippen LogP contribution in [0.1, 0.15) is 32.6 Å². The van der Waals surface area contributed by atoms with Crippen molar-refractivity contribution in [2.45, 2.75) is 38.2 Å². The van der Waals surface area contributed by atoms with Crippen molar-refractivity contribution in [2.75, 3.05) is 0 Å². The average molecular weight is 166 g/mol. The number of rotatable bonds is 0. The molecule has 2 aliphatic carbocycles. The first kappa shape index (κ1) is 7.99. The Morgan fingerprint density at radius 1 is 1.58 bits per heavy atom. The molecule has 2 nitrogen and oxygen atoms in total. The lowest BCUT2D eigenvalue weighted by Crippen LogP contribution is -2.50. The Balaban J connectivity index is 2.40. The van der Waals surface area contributed by atoms with Crippen LogP contribution in [-0.4, -0.2) is 16.5 Å². The molecule has 1 N–H and O–H groups in total. The van der Waals surface area contributed by atoms with E-state index < -0.39 is 11.0 Å². The lowest BCUT2D eigenvalue weighted by molar-refractivity contribution is -0.144. The number of hydrogen-bond donors (Lipinski definition) is 1. The van der Waals surface area contributed by atoms with Crippen molar-refractivity contribution >= 4 is 5.78 Å². The van der Waals surface area contributed by atoms with Crippen molar-refractivity contribution in [3.8, 4) is 0 Å². The average Bonchev–Trinajstić information content (AvgIpc) is 2.30. The molecule has 0 radical (unpaired) electrons. The van der Waals surface area contributed by atoms with Gasteiger partial charge in [0.05, 0.1) is 11.0 Å². The maximum absolute atomic E-state index is 11.6. The molecule has 66 valence electrons. The number of fused-ring (bicyclic) bond motifs is 1. The van der Waals surface area contributed by atoms with Crippen molar-refractivity contribution in [1.82, 2.24) is 0 Å². The number of carbonyl (C=O) groups excluding carboxylic acids is 1. The minimum Gasteiger partial charge on any atom is -0.385 e.